The normalized spacial score (nSPS) is 10.3. The van der Waals surface area contributed by atoms with Crippen LogP contribution in [0.2, 0.25) is 0 Å². The van der Waals surface area contributed by atoms with Gasteiger partial charge in [0.2, 0.25) is 0 Å². The van der Waals surface area contributed by atoms with Crippen molar-refractivity contribution in [2.24, 2.45) is 7.05 Å². The molecule has 2 aromatic rings. The van der Waals surface area contributed by atoms with E-state index in [2.05, 4.69) is 4.98 Å². The van der Waals surface area contributed by atoms with Gasteiger partial charge < -0.3 is 9.30 Å². The minimum absolute atomic E-state index is 0.116. The van der Waals surface area contributed by atoms with Crippen molar-refractivity contribution in [2.75, 3.05) is 7.11 Å². The number of aryl methyl sites for hydroxylation is 2. The van der Waals surface area contributed by atoms with E-state index < -0.39 is 0 Å². The van der Waals surface area contributed by atoms with Crippen LogP contribution >= 0.6 is 0 Å². The smallest absolute Gasteiger partial charge is 0.181 e. The SMILES string of the molecule is COc1ccc(CCC(=O)c2cncn2C)cc1. The predicted molar refractivity (Wildman–Crippen MR) is 68.9 cm³/mol. The molecule has 0 saturated carbocycles. The topological polar surface area (TPSA) is 44.1 Å². The molecule has 0 saturated heterocycles. The largest absolute Gasteiger partial charge is 0.497 e. The van der Waals surface area contributed by atoms with Crippen LogP contribution in [0.5, 0.6) is 5.75 Å². The number of rotatable bonds is 5. The lowest BCUT2D eigenvalue weighted by molar-refractivity contribution is 0.0975. The highest BCUT2D eigenvalue weighted by molar-refractivity contribution is 5.94. The van der Waals surface area contributed by atoms with E-state index in [1.54, 1.807) is 24.2 Å². The van der Waals surface area contributed by atoms with Crippen molar-refractivity contribution in [1.29, 1.82) is 0 Å². The molecule has 0 aliphatic rings. The Balaban J connectivity index is 1.95. The van der Waals surface area contributed by atoms with Gasteiger partial charge in [0.25, 0.3) is 0 Å². The number of nitrogens with zero attached hydrogens (tertiary/aromatic N) is 2. The van der Waals surface area contributed by atoms with E-state index in [-0.39, 0.29) is 5.78 Å². The molecule has 94 valence electrons. The Morgan fingerprint density at radius 1 is 1.33 bits per heavy atom. The summed E-state index contributed by atoms with van der Waals surface area (Å²) < 4.78 is 6.84. The van der Waals surface area contributed by atoms with Crippen LogP contribution in [0.15, 0.2) is 36.8 Å². The first-order chi connectivity index (χ1) is 8.70. The molecule has 4 nitrogen and oxygen atoms in total. The highest BCUT2D eigenvalue weighted by atomic mass is 16.5. The van der Waals surface area contributed by atoms with Crippen molar-refractivity contribution in [1.82, 2.24) is 9.55 Å². The molecule has 0 bridgehead atoms. The number of imidazole rings is 1. The highest BCUT2D eigenvalue weighted by Crippen LogP contribution is 2.13. The van der Waals surface area contributed by atoms with Crippen LogP contribution in [0.3, 0.4) is 0 Å². The number of benzene rings is 1. The number of hydrogen-bond donors (Lipinski definition) is 0. The van der Waals surface area contributed by atoms with Crippen LogP contribution in [-0.2, 0) is 13.5 Å². The summed E-state index contributed by atoms with van der Waals surface area (Å²) in [4.78, 5) is 15.9. The molecule has 1 heterocycles. The van der Waals surface area contributed by atoms with Crippen molar-refractivity contribution in [3.8, 4) is 5.75 Å². The molecular formula is C14H16N2O2. The fourth-order valence-electron chi connectivity index (χ4n) is 1.80. The molecule has 18 heavy (non-hydrogen) atoms. The Labute approximate surface area is 106 Å². The molecule has 0 atom stereocenters. The average molecular weight is 244 g/mol. The van der Waals surface area contributed by atoms with Crippen LogP contribution in [-0.4, -0.2) is 22.4 Å². The van der Waals surface area contributed by atoms with Crippen molar-refractivity contribution in [3.05, 3.63) is 48.0 Å². The molecule has 4 heteroatoms. The maximum Gasteiger partial charge on any atom is 0.181 e. The van der Waals surface area contributed by atoms with Gasteiger partial charge in [-0.15, -0.1) is 0 Å². The number of ether oxygens (including phenoxy) is 1. The molecule has 0 aliphatic carbocycles. The van der Waals surface area contributed by atoms with Crippen molar-refractivity contribution >= 4 is 5.78 Å². The van der Waals surface area contributed by atoms with E-state index in [9.17, 15) is 4.79 Å². The molecule has 0 unspecified atom stereocenters. The van der Waals surface area contributed by atoms with Crippen molar-refractivity contribution in [3.63, 3.8) is 0 Å². The van der Waals surface area contributed by atoms with Gasteiger partial charge in [-0.1, -0.05) is 12.1 Å². The second-order valence-corrected chi connectivity index (χ2v) is 4.16. The van der Waals surface area contributed by atoms with Gasteiger partial charge in [0.1, 0.15) is 11.4 Å². The summed E-state index contributed by atoms with van der Waals surface area (Å²) in [6.07, 6.45) is 4.47. The van der Waals surface area contributed by atoms with Crippen LogP contribution in [0.25, 0.3) is 0 Å². The van der Waals surface area contributed by atoms with Crippen LogP contribution < -0.4 is 4.74 Å². The summed E-state index contributed by atoms with van der Waals surface area (Å²) in [5.41, 5.74) is 1.79. The molecule has 1 aromatic heterocycles. The standard InChI is InChI=1S/C14H16N2O2/c1-16-10-15-9-13(16)14(17)8-5-11-3-6-12(18-2)7-4-11/h3-4,6-7,9-10H,5,8H2,1-2H3. The van der Waals surface area contributed by atoms with E-state index in [1.807, 2.05) is 31.3 Å². The number of methoxy groups -OCH3 is 1. The van der Waals surface area contributed by atoms with Crippen LogP contribution in [0.4, 0.5) is 0 Å². The molecule has 0 amide bonds. The minimum atomic E-state index is 0.116. The zero-order valence-electron chi connectivity index (χ0n) is 10.6. The number of carbonyl (C=O) groups excluding carboxylic acids is 1. The molecule has 2 rings (SSSR count). The number of hydrogen-bond acceptors (Lipinski definition) is 3. The summed E-state index contributed by atoms with van der Waals surface area (Å²) in [6.45, 7) is 0. The van der Waals surface area contributed by atoms with E-state index >= 15 is 0 Å². The predicted octanol–water partition coefficient (Wildman–Crippen LogP) is 2.24. The molecule has 0 fully saturated rings. The second kappa shape index (κ2) is 5.49. The highest BCUT2D eigenvalue weighted by Gasteiger charge is 2.09. The van der Waals surface area contributed by atoms with E-state index in [0.29, 0.717) is 12.1 Å². The summed E-state index contributed by atoms with van der Waals surface area (Å²) in [5.74, 6) is 0.947. The third-order valence-electron chi connectivity index (χ3n) is 2.90. The Kier molecular flexibility index (Phi) is 3.77. The molecule has 1 aromatic carbocycles. The Bertz CT molecular complexity index is 529. The summed E-state index contributed by atoms with van der Waals surface area (Å²) in [7, 11) is 3.47. The fourth-order valence-corrected chi connectivity index (χ4v) is 1.80. The van der Waals surface area contributed by atoms with Gasteiger partial charge in [0, 0.05) is 13.5 Å². The minimum Gasteiger partial charge on any atom is -0.497 e. The lowest BCUT2D eigenvalue weighted by Gasteiger charge is -2.04. The van der Waals surface area contributed by atoms with Gasteiger partial charge in [-0.2, -0.15) is 0 Å². The Hall–Kier alpha value is -2.10. The fraction of sp³-hybridized carbons (Fsp3) is 0.286. The van der Waals surface area contributed by atoms with Crippen molar-refractivity contribution in [2.45, 2.75) is 12.8 Å². The number of ketones is 1. The lowest BCUT2D eigenvalue weighted by atomic mass is 10.1. The Morgan fingerprint density at radius 3 is 2.61 bits per heavy atom. The number of aromatic nitrogens is 2. The zero-order valence-corrected chi connectivity index (χ0v) is 10.6. The maximum atomic E-state index is 11.9. The summed E-state index contributed by atoms with van der Waals surface area (Å²) in [5, 5.41) is 0. The van der Waals surface area contributed by atoms with E-state index in [1.165, 1.54) is 0 Å². The monoisotopic (exact) mass is 244 g/mol. The molecular weight excluding hydrogens is 228 g/mol. The van der Waals surface area contributed by atoms with E-state index in [4.69, 9.17) is 4.74 Å². The molecule has 0 N–H and O–H groups in total. The van der Waals surface area contributed by atoms with Gasteiger partial charge >= 0.3 is 0 Å². The first kappa shape index (κ1) is 12.4. The second-order valence-electron chi connectivity index (χ2n) is 4.16. The molecule has 0 aliphatic heterocycles. The Morgan fingerprint density at radius 2 is 2.06 bits per heavy atom. The first-order valence-corrected chi connectivity index (χ1v) is 5.83. The van der Waals surface area contributed by atoms with Gasteiger partial charge in [-0.25, -0.2) is 4.98 Å². The number of Topliss-reactive ketones (excluding diaryl/α,β-unsaturated/α-hetero) is 1. The van der Waals surface area contributed by atoms with Gasteiger partial charge in [0.05, 0.1) is 19.6 Å². The average Bonchev–Trinajstić information content (AvgIpc) is 2.83. The number of carbonyl (C=O) groups is 1. The summed E-state index contributed by atoms with van der Waals surface area (Å²) >= 11 is 0. The summed E-state index contributed by atoms with van der Waals surface area (Å²) in [6, 6.07) is 7.78. The molecule has 0 radical (unpaired) electrons. The van der Waals surface area contributed by atoms with Gasteiger partial charge in [-0.3, -0.25) is 4.79 Å². The van der Waals surface area contributed by atoms with Crippen LogP contribution in [0, 0.1) is 0 Å². The quantitative estimate of drug-likeness (QED) is 0.758. The third kappa shape index (κ3) is 2.77. The zero-order chi connectivity index (χ0) is 13.0. The van der Waals surface area contributed by atoms with Crippen molar-refractivity contribution < 1.29 is 9.53 Å². The third-order valence-corrected chi connectivity index (χ3v) is 2.90. The first-order valence-electron chi connectivity index (χ1n) is 5.83. The maximum absolute atomic E-state index is 11.9. The lowest BCUT2D eigenvalue weighted by Crippen LogP contribution is -2.06. The van der Waals surface area contributed by atoms with Crippen LogP contribution in [0.1, 0.15) is 22.5 Å². The molecule has 0 spiro atoms. The van der Waals surface area contributed by atoms with Gasteiger partial charge in [0.15, 0.2) is 5.78 Å². The van der Waals surface area contributed by atoms with Gasteiger partial charge in [-0.05, 0) is 24.1 Å². The van der Waals surface area contributed by atoms with E-state index in [0.717, 1.165) is 17.7 Å².